The fourth-order valence-electron chi connectivity index (χ4n) is 2.34. The van der Waals surface area contributed by atoms with Crippen molar-refractivity contribution in [2.45, 2.75) is 58.4 Å². The molecule has 0 radical (unpaired) electrons. The smallest absolute Gasteiger partial charge is 0.305 e. The number of sulfonamides is 1. The first-order valence-electron chi connectivity index (χ1n) is 6.81. The second-order valence-electron chi connectivity index (χ2n) is 6.05. The molecule has 1 fully saturated rings. The summed E-state index contributed by atoms with van der Waals surface area (Å²) in [6.45, 7) is 4.43. The lowest BCUT2D eigenvalue weighted by Crippen LogP contribution is -2.40. The fourth-order valence-corrected chi connectivity index (χ4v) is 3.72. The van der Waals surface area contributed by atoms with Crippen LogP contribution in [0.3, 0.4) is 0 Å². The summed E-state index contributed by atoms with van der Waals surface area (Å²) in [6.07, 6.45) is 4.33. The highest BCUT2D eigenvalue weighted by atomic mass is 32.2. The molecular formula is C13H25NO4S. The predicted octanol–water partition coefficient (Wildman–Crippen LogP) is 1.83. The van der Waals surface area contributed by atoms with Gasteiger partial charge in [0.15, 0.2) is 0 Å². The van der Waals surface area contributed by atoms with E-state index >= 15 is 0 Å². The quantitative estimate of drug-likeness (QED) is 0.758. The van der Waals surface area contributed by atoms with Crippen LogP contribution in [0.25, 0.3) is 0 Å². The molecule has 1 saturated carbocycles. The first kappa shape index (κ1) is 16.4. The van der Waals surface area contributed by atoms with Crippen molar-refractivity contribution in [2.75, 3.05) is 12.9 Å². The normalized spacial score (nSPS) is 20.2. The zero-order chi connectivity index (χ0) is 14.5. The highest BCUT2D eigenvalue weighted by Gasteiger charge is 2.28. The zero-order valence-corrected chi connectivity index (χ0v) is 12.9. The molecule has 0 aliphatic heterocycles. The predicted molar refractivity (Wildman–Crippen MR) is 74.2 cm³/mol. The minimum absolute atomic E-state index is 0.0119. The van der Waals surface area contributed by atoms with Crippen LogP contribution in [-0.4, -0.2) is 33.3 Å². The van der Waals surface area contributed by atoms with Gasteiger partial charge < -0.3 is 4.74 Å². The lowest BCUT2D eigenvalue weighted by molar-refractivity contribution is -0.140. The Hall–Kier alpha value is -0.620. The van der Waals surface area contributed by atoms with Gasteiger partial charge in [-0.25, -0.2) is 13.1 Å². The first-order chi connectivity index (χ1) is 8.74. The van der Waals surface area contributed by atoms with Gasteiger partial charge in [0.25, 0.3) is 0 Å². The average Bonchev–Trinajstić information content (AvgIpc) is 2.31. The molecule has 0 aromatic carbocycles. The summed E-state index contributed by atoms with van der Waals surface area (Å²) in [7, 11) is -1.98. The maximum absolute atomic E-state index is 11.9. The van der Waals surface area contributed by atoms with E-state index in [-0.39, 0.29) is 24.2 Å². The number of carbonyl (C=O) groups excluding carboxylic acids is 1. The fraction of sp³-hybridized carbons (Fsp3) is 0.923. The van der Waals surface area contributed by atoms with Crippen LogP contribution in [-0.2, 0) is 19.6 Å². The maximum atomic E-state index is 11.9. The standard InChI is InChI=1S/C13H25NO4S/c1-13(2)8-6-11(7-9-13)14-19(16,17)10-4-5-12(15)18-3/h11,14H,4-10H2,1-3H3. The topological polar surface area (TPSA) is 72.5 Å². The van der Waals surface area contributed by atoms with E-state index in [4.69, 9.17) is 0 Å². The van der Waals surface area contributed by atoms with E-state index in [9.17, 15) is 13.2 Å². The van der Waals surface area contributed by atoms with Gasteiger partial charge in [0.2, 0.25) is 10.0 Å². The second-order valence-corrected chi connectivity index (χ2v) is 7.93. The molecule has 0 amide bonds. The molecular weight excluding hydrogens is 266 g/mol. The Kier molecular flexibility index (Phi) is 5.80. The Balaban J connectivity index is 2.33. The van der Waals surface area contributed by atoms with Crippen molar-refractivity contribution in [3.63, 3.8) is 0 Å². The van der Waals surface area contributed by atoms with Gasteiger partial charge in [-0.1, -0.05) is 13.8 Å². The molecule has 0 heterocycles. The van der Waals surface area contributed by atoms with Crippen molar-refractivity contribution in [3.8, 4) is 0 Å². The largest absolute Gasteiger partial charge is 0.469 e. The summed E-state index contributed by atoms with van der Waals surface area (Å²) in [4.78, 5) is 10.9. The highest BCUT2D eigenvalue weighted by Crippen LogP contribution is 2.35. The third kappa shape index (κ3) is 6.38. The maximum Gasteiger partial charge on any atom is 0.305 e. The Morgan fingerprint density at radius 3 is 2.42 bits per heavy atom. The van der Waals surface area contributed by atoms with Crippen molar-refractivity contribution in [1.29, 1.82) is 0 Å². The van der Waals surface area contributed by atoms with E-state index in [2.05, 4.69) is 23.3 Å². The number of nitrogens with one attached hydrogen (secondary N) is 1. The first-order valence-corrected chi connectivity index (χ1v) is 8.46. The number of esters is 1. The van der Waals surface area contributed by atoms with Crippen molar-refractivity contribution < 1.29 is 17.9 Å². The summed E-state index contributed by atoms with van der Waals surface area (Å²) in [5.41, 5.74) is 0.326. The molecule has 112 valence electrons. The molecule has 1 N–H and O–H groups in total. The van der Waals surface area contributed by atoms with Crippen LogP contribution in [0, 0.1) is 5.41 Å². The number of ether oxygens (including phenoxy) is 1. The molecule has 0 spiro atoms. The average molecular weight is 291 g/mol. The van der Waals surface area contributed by atoms with Crippen molar-refractivity contribution in [1.82, 2.24) is 4.72 Å². The molecule has 0 aromatic heterocycles. The van der Waals surface area contributed by atoms with Crippen molar-refractivity contribution >= 4 is 16.0 Å². The minimum Gasteiger partial charge on any atom is -0.469 e. The van der Waals surface area contributed by atoms with Crippen LogP contribution in [0.1, 0.15) is 52.4 Å². The van der Waals surface area contributed by atoms with Crippen molar-refractivity contribution in [2.24, 2.45) is 5.41 Å². The lowest BCUT2D eigenvalue weighted by Gasteiger charge is -2.34. The summed E-state index contributed by atoms with van der Waals surface area (Å²) in [5.74, 6) is -0.378. The van der Waals surface area contributed by atoms with Gasteiger partial charge >= 0.3 is 5.97 Å². The molecule has 6 heteroatoms. The molecule has 1 rings (SSSR count). The number of hydrogen-bond donors (Lipinski definition) is 1. The summed E-state index contributed by atoms with van der Waals surface area (Å²) < 4.78 is 31.0. The summed E-state index contributed by atoms with van der Waals surface area (Å²) in [6, 6.07) is 0.0520. The van der Waals surface area contributed by atoms with E-state index in [1.165, 1.54) is 7.11 Å². The molecule has 5 nitrogen and oxygen atoms in total. The molecule has 0 saturated heterocycles. The van der Waals surface area contributed by atoms with E-state index < -0.39 is 10.0 Å². The van der Waals surface area contributed by atoms with Crippen LogP contribution in [0.15, 0.2) is 0 Å². The number of methoxy groups -OCH3 is 1. The second kappa shape index (κ2) is 6.70. The highest BCUT2D eigenvalue weighted by molar-refractivity contribution is 7.89. The summed E-state index contributed by atoms with van der Waals surface area (Å²) >= 11 is 0. The Morgan fingerprint density at radius 1 is 1.32 bits per heavy atom. The number of hydrogen-bond acceptors (Lipinski definition) is 4. The molecule has 0 bridgehead atoms. The van der Waals surface area contributed by atoms with Gasteiger partial charge in [-0.15, -0.1) is 0 Å². The Bertz CT molecular complexity index is 393. The van der Waals surface area contributed by atoms with E-state index in [0.717, 1.165) is 25.7 Å². The molecule has 1 aliphatic carbocycles. The van der Waals surface area contributed by atoms with Crippen LogP contribution < -0.4 is 4.72 Å². The Labute approximate surface area is 116 Å². The van der Waals surface area contributed by atoms with E-state index in [1.54, 1.807) is 0 Å². The van der Waals surface area contributed by atoms with Crippen LogP contribution in [0.2, 0.25) is 0 Å². The van der Waals surface area contributed by atoms with Gasteiger partial charge in [-0.2, -0.15) is 0 Å². The Morgan fingerprint density at radius 2 is 1.89 bits per heavy atom. The van der Waals surface area contributed by atoms with Gasteiger partial charge in [0, 0.05) is 12.5 Å². The molecule has 0 unspecified atom stereocenters. The third-order valence-corrected chi connectivity index (χ3v) is 5.23. The van der Waals surface area contributed by atoms with Gasteiger partial charge in [-0.3, -0.25) is 4.79 Å². The van der Waals surface area contributed by atoms with Crippen LogP contribution in [0.4, 0.5) is 0 Å². The number of carbonyl (C=O) groups is 1. The summed E-state index contributed by atoms with van der Waals surface area (Å²) in [5, 5.41) is 0. The minimum atomic E-state index is -3.28. The van der Waals surface area contributed by atoms with Gasteiger partial charge in [0.1, 0.15) is 0 Å². The molecule has 0 atom stereocenters. The van der Waals surface area contributed by atoms with Gasteiger partial charge in [0.05, 0.1) is 12.9 Å². The number of rotatable bonds is 6. The molecule has 0 aromatic rings. The van der Waals surface area contributed by atoms with Crippen LogP contribution in [0.5, 0.6) is 0 Å². The zero-order valence-electron chi connectivity index (χ0n) is 12.1. The van der Waals surface area contributed by atoms with E-state index in [0.29, 0.717) is 11.8 Å². The lowest BCUT2D eigenvalue weighted by atomic mass is 9.76. The van der Waals surface area contributed by atoms with Crippen LogP contribution >= 0.6 is 0 Å². The third-order valence-electron chi connectivity index (χ3n) is 3.71. The SMILES string of the molecule is COC(=O)CCCS(=O)(=O)NC1CCC(C)(C)CC1. The van der Waals surface area contributed by atoms with Gasteiger partial charge in [-0.05, 0) is 37.5 Å². The van der Waals surface area contributed by atoms with Crippen molar-refractivity contribution in [3.05, 3.63) is 0 Å². The molecule has 1 aliphatic rings. The monoisotopic (exact) mass is 291 g/mol. The molecule has 19 heavy (non-hydrogen) atoms. The van der Waals surface area contributed by atoms with E-state index in [1.807, 2.05) is 0 Å².